The first kappa shape index (κ1) is 14.2. The third-order valence-corrected chi connectivity index (χ3v) is 3.21. The quantitative estimate of drug-likeness (QED) is 0.764. The number of aromatic hydroxyl groups is 1. The summed E-state index contributed by atoms with van der Waals surface area (Å²) in [6.07, 6.45) is -4.75. The highest BCUT2D eigenvalue weighted by Crippen LogP contribution is 2.28. The number of rotatable bonds is 2. The van der Waals surface area contributed by atoms with E-state index in [1.807, 2.05) is 0 Å². The molecule has 0 radical (unpaired) electrons. The number of benzene rings is 1. The zero-order valence-electron chi connectivity index (χ0n) is 11.1. The van der Waals surface area contributed by atoms with Gasteiger partial charge in [0.2, 0.25) is 5.88 Å². The Morgan fingerprint density at radius 2 is 1.91 bits per heavy atom. The number of fused-ring (bicyclic) bond motifs is 1. The van der Waals surface area contributed by atoms with Crippen LogP contribution in [0.25, 0.3) is 16.8 Å². The maximum absolute atomic E-state index is 12.5. The first-order chi connectivity index (χ1) is 10.4. The van der Waals surface area contributed by atoms with Crippen molar-refractivity contribution in [3.8, 4) is 17.0 Å². The second-order valence-electron chi connectivity index (χ2n) is 4.73. The van der Waals surface area contributed by atoms with E-state index < -0.39 is 29.6 Å². The third-order valence-electron chi connectivity index (χ3n) is 3.21. The number of hydrogen-bond acceptors (Lipinski definition) is 3. The molecule has 3 aromatic rings. The summed E-state index contributed by atoms with van der Waals surface area (Å²) in [6.45, 7) is 0. The number of aromatic nitrogens is 3. The molecule has 0 saturated carbocycles. The van der Waals surface area contributed by atoms with E-state index in [0.29, 0.717) is 5.56 Å². The molecule has 0 aliphatic rings. The van der Waals surface area contributed by atoms with Crippen LogP contribution in [0, 0.1) is 0 Å². The first-order valence-electron chi connectivity index (χ1n) is 6.31. The highest BCUT2D eigenvalue weighted by molar-refractivity contribution is 5.77. The lowest BCUT2D eigenvalue weighted by atomic mass is 10.1. The van der Waals surface area contributed by atoms with Gasteiger partial charge in [0.1, 0.15) is 5.65 Å². The van der Waals surface area contributed by atoms with Crippen LogP contribution in [0.3, 0.4) is 0 Å². The molecule has 0 saturated heterocycles. The van der Waals surface area contributed by atoms with Gasteiger partial charge in [-0.1, -0.05) is 30.3 Å². The number of halogens is 3. The van der Waals surface area contributed by atoms with E-state index in [1.165, 1.54) is 6.20 Å². The molecular formula is C14H10F3N3O2. The van der Waals surface area contributed by atoms with E-state index >= 15 is 0 Å². The van der Waals surface area contributed by atoms with Crippen molar-refractivity contribution in [1.29, 1.82) is 0 Å². The zero-order chi connectivity index (χ0) is 15.9. The molecule has 22 heavy (non-hydrogen) atoms. The van der Waals surface area contributed by atoms with E-state index in [0.717, 1.165) is 10.1 Å². The van der Waals surface area contributed by atoms with Crippen molar-refractivity contribution in [3.05, 3.63) is 52.4 Å². The van der Waals surface area contributed by atoms with E-state index in [9.17, 15) is 23.1 Å². The van der Waals surface area contributed by atoms with Crippen molar-refractivity contribution in [2.75, 3.05) is 0 Å². The molecule has 0 spiro atoms. The molecular weight excluding hydrogens is 299 g/mol. The molecule has 0 aliphatic carbocycles. The van der Waals surface area contributed by atoms with Gasteiger partial charge in [-0.3, -0.25) is 4.79 Å². The van der Waals surface area contributed by atoms with Crippen molar-refractivity contribution >= 4 is 5.65 Å². The van der Waals surface area contributed by atoms with Crippen LogP contribution in [0.15, 0.2) is 41.3 Å². The Kier molecular flexibility index (Phi) is 3.16. The number of nitrogens with one attached hydrogen (secondary N) is 1. The Morgan fingerprint density at radius 3 is 2.55 bits per heavy atom. The van der Waals surface area contributed by atoms with Crippen molar-refractivity contribution in [2.45, 2.75) is 12.6 Å². The smallest absolute Gasteiger partial charge is 0.393 e. The fourth-order valence-electron chi connectivity index (χ4n) is 2.23. The second-order valence-corrected chi connectivity index (χ2v) is 4.73. The third kappa shape index (κ3) is 2.43. The minimum Gasteiger partial charge on any atom is -0.493 e. The van der Waals surface area contributed by atoms with Crippen molar-refractivity contribution in [3.63, 3.8) is 0 Å². The van der Waals surface area contributed by atoms with Crippen LogP contribution in [0.4, 0.5) is 13.2 Å². The lowest BCUT2D eigenvalue weighted by Gasteiger charge is -2.08. The van der Waals surface area contributed by atoms with Gasteiger partial charge in [0, 0.05) is 5.56 Å². The minimum atomic E-state index is -4.60. The molecule has 2 aromatic heterocycles. The highest BCUT2D eigenvalue weighted by atomic mass is 19.4. The highest BCUT2D eigenvalue weighted by Gasteiger charge is 2.32. The monoisotopic (exact) mass is 309 g/mol. The molecule has 0 amide bonds. The molecule has 1 aromatic carbocycles. The van der Waals surface area contributed by atoms with Crippen LogP contribution in [0.2, 0.25) is 0 Å². The van der Waals surface area contributed by atoms with E-state index in [1.54, 1.807) is 30.3 Å². The van der Waals surface area contributed by atoms with Crippen molar-refractivity contribution in [2.24, 2.45) is 0 Å². The SMILES string of the molecule is O=c1[nH]c2c(-c3ccccc3)cnn2c(O)c1CC(F)(F)F. The van der Waals surface area contributed by atoms with Crippen LogP contribution in [0.5, 0.6) is 5.88 Å². The summed E-state index contributed by atoms with van der Waals surface area (Å²) in [4.78, 5) is 14.2. The number of nitrogens with zero attached hydrogens (tertiary/aromatic N) is 2. The average molecular weight is 309 g/mol. The van der Waals surface area contributed by atoms with Gasteiger partial charge in [-0.25, -0.2) is 0 Å². The maximum Gasteiger partial charge on any atom is 0.393 e. The largest absolute Gasteiger partial charge is 0.493 e. The van der Waals surface area contributed by atoms with Crippen LogP contribution >= 0.6 is 0 Å². The Bertz CT molecular complexity index is 882. The Hall–Kier alpha value is -2.77. The number of H-pyrrole nitrogens is 1. The summed E-state index contributed by atoms with van der Waals surface area (Å²) in [7, 11) is 0. The van der Waals surface area contributed by atoms with Gasteiger partial charge >= 0.3 is 6.18 Å². The Labute approximate surface area is 121 Å². The van der Waals surface area contributed by atoms with Gasteiger partial charge in [-0.15, -0.1) is 0 Å². The molecule has 8 heteroatoms. The molecule has 0 bridgehead atoms. The lowest BCUT2D eigenvalue weighted by Crippen LogP contribution is -2.22. The number of aromatic amines is 1. The minimum absolute atomic E-state index is 0.139. The van der Waals surface area contributed by atoms with Crippen LogP contribution < -0.4 is 5.56 Å². The van der Waals surface area contributed by atoms with Gasteiger partial charge in [-0.05, 0) is 5.56 Å². The molecule has 0 unspecified atom stereocenters. The predicted octanol–water partition coefficient (Wildman–Crippen LogP) is 2.50. The average Bonchev–Trinajstić information content (AvgIpc) is 2.87. The number of alkyl halides is 3. The van der Waals surface area contributed by atoms with Gasteiger partial charge in [-0.2, -0.15) is 22.8 Å². The van der Waals surface area contributed by atoms with E-state index in [-0.39, 0.29) is 5.65 Å². The molecule has 2 heterocycles. The Morgan fingerprint density at radius 1 is 1.23 bits per heavy atom. The van der Waals surface area contributed by atoms with E-state index in [4.69, 9.17) is 0 Å². The second kappa shape index (κ2) is 4.90. The standard InChI is InChI=1S/C14H10F3N3O2/c15-14(16,17)6-9-12(21)19-11-10(7-18-20(11)13(9)22)8-4-2-1-3-5-8/h1-5,7,22H,6H2,(H,19,21). The summed E-state index contributed by atoms with van der Waals surface area (Å²) >= 11 is 0. The summed E-state index contributed by atoms with van der Waals surface area (Å²) < 4.78 is 38.3. The molecule has 0 atom stereocenters. The fraction of sp³-hybridized carbons (Fsp3) is 0.143. The first-order valence-corrected chi connectivity index (χ1v) is 6.31. The van der Waals surface area contributed by atoms with E-state index in [2.05, 4.69) is 10.1 Å². The molecule has 2 N–H and O–H groups in total. The fourth-order valence-corrected chi connectivity index (χ4v) is 2.23. The molecule has 114 valence electrons. The summed E-state index contributed by atoms with van der Waals surface area (Å²) in [5, 5.41) is 13.8. The molecule has 3 rings (SSSR count). The summed E-state index contributed by atoms with van der Waals surface area (Å²) in [5.41, 5.74) is -0.384. The Balaban J connectivity index is 2.21. The van der Waals surface area contributed by atoms with Crippen molar-refractivity contribution < 1.29 is 18.3 Å². The van der Waals surface area contributed by atoms with Crippen LogP contribution in [-0.4, -0.2) is 25.9 Å². The maximum atomic E-state index is 12.5. The molecule has 0 fully saturated rings. The zero-order valence-corrected chi connectivity index (χ0v) is 11.1. The van der Waals surface area contributed by atoms with Crippen LogP contribution in [-0.2, 0) is 6.42 Å². The van der Waals surface area contributed by atoms with Gasteiger partial charge in [0.05, 0.1) is 18.2 Å². The molecule has 5 nitrogen and oxygen atoms in total. The predicted molar refractivity (Wildman–Crippen MR) is 72.7 cm³/mol. The van der Waals surface area contributed by atoms with Gasteiger partial charge < -0.3 is 10.1 Å². The molecule has 0 aliphatic heterocycles. The summed E-state index contributed by atoms with van der Waals surface area (Å²) in [6, 6.07) is 8.87. The van der Waals surface area contributed by atoms with Crippen molar-refractivity contribution in [1.82, 2.24) is 14.6 Å². The van der Waals surface area contributed by atoms with Gasteiger partial charge in [0.15, 0.2) is 0 Å². The normalized spacial score (nSPS) is 12.0. The van der Waals surface area contributed by atoms with Crippen LogP contribution in [0.1, 0.15) is 5.56 Å². The lowest BCUT2D eigenvalue weighted by molar-refractivity contribution is -0.127. The number of hydrogen-bond donors (Lipinski definition) is 2. The summed E-state index contributed by atoms with van der Waals surface area (Å²) in [5.74, 6) is -0.807. The topological polar surface area (TPSA) is 70.4 Å². The van der Waals surface area contributed by atoms with Gasteiger partial charge in [0.25, 0.3) is 5.56 Å².